The SMILES string of the molecule is CCOC(=O)C(CCS(=O)(=O)OCC(C)(C)C)NC(=O)OCc1ccccc1. The summed E-state index contributed by atoms with van der Waals surface area (Å²) in [7, 11) is -3.85. The standard InChI is InChI=1S/C19H29NO7S/c1-5-25-17(21)16(11-12-28(23,24)27-14-19(2,3)4)20-18(22)26-13-15-9-7-6-8-10-15/h6-10,16H,5,11-14H2,1-4H3,(H,20,22). The molecule has 1 amide bonds. The molecule has 1 aromatic carbocycles. The number of hydrogen-bond donors (Lipinski definition) is 1. The first-order valence-corrected chi connectivity index (χ1v) is 10.6. The average Bonchev–Trinajstić information content (AvgIpc) is 2.62. The van der Waals surface area contributed by atoms with Gasteiger partial charge in [-0.1, -0.05) is 51.1 Å². The number of alkyl carbamates (subject to hydrolysis) is 1. The summed E-state index contributed by atoms with van der Waals surface area (Å²) in [5.74, 6) is -1.17. The number of carbonyl (C=O) groups is 2. The van der Waals surface area contributed by atoms with Gasteiger partial charge < -0.3 is 14.8 Å². The van der Waals surface area contributed by atoms with E-state index < -0.39 is 34.0 Å². The van der Waals surface area contributed by atoms with Crippen LogP contribution < -0.4 is 5.32 Å². The number of hydrogen-bond acceptors (Lipinski definition) is 7. The van der Waals surface area contributed by atoms with Crippen LogP contribution in [0.4, 0.5) is 4.79 Å². The summed E-state index contributed by atoms with van der Waals surface area (Å²) < 4.78 is 39.0. The van der Waals surface area contributed by atoms with Crippen LogP contribution in [-0.2, 0) is 35.2 Å². The van der Waals surface area contributed by atoms with Crippen LogP contribution in [0.25, 0.3) is 0 Å². The van der Waals surface area contributed by atoms with E-state index in [1.807, 2.05) is 26.8 Å². The fourth-order valence-electron chi connectivity index (χ4n) is 1.99. The molecule has 1 unspecified atom stereocenters. The van der Waals surface area contributed by atoms with E-state index in [9.17, 15) is 18.0 Å². The normalized spacial score (nSPS) is 12.9. The zero-order chi connectivity index (χ0) is 21.2. The van der Waals surface area contributed by atoms with E-state index in [1.54, 1.807) is 31.2 Å². The molecule has 9 heteroatoms. The molecule has 8 nitrogen and oxygen atoms in total. The van der Waals surface area contributed by atoms with Gasteiger partial charge in [-0.15, -0.1) is 0 Å². The van der Waals surface area contributed by atoms with Gasteiger partial charge in [0.1, 0.15) is 12.6 Å². The number of amides is 1. The van der Waals surface area contributed by atoms with Gasteiger partial charge in [0.05, 0.1) is 19.0 Å². The van der Waals surface area contributed by atoms with Gasteiger partial charge in [-0.25, -0.2) is 9.59 Å². The third-order valence-electron chi connectivity index (χ3n) is 3.40. The van der Waals surface area contributed by atoms with Crippen molar-refractivity contribution in [1.82, 2.24) is 5.32 Å². The summed E-state index contributed by atoms with van der Waals surface area (Å²) in [6.45, 7) is 7.28. The van der Waals surface area contributed by atoms with Crippen LogP contribution in [0.15, 0.2) is 30.3 Å². The van der Waals surface area contributed by atoms with Crippen LogP contribution in [0.5, 0.6) is 0 Å². The first kappa shape index (κ1) is 23.9. The lowest BCUT2D eigenvalue weighted by molar-refractivity contribution is -0.145. The minimum atomic E-state index is -3.85. The highest BCUT2D eigenvalue weighted by Gasteiger charge is 2.26. The van der Waals surface area contributed by atoms with Crippen LogP contribution >= 0.6 is 0 Å². The smallest absolute Gasteiger partial charge is 0.408 e. The van der Waals surface area contributed by atoms with Crippen LogP contribution in [0.2, 0.25) is 0 Å². The summed E-state index contributed by atoms with van der Waals surface area (Å²) >= 11 is 0. The van der Waals surface area contributed by atoms with Crippen molar-refractivity contribution in [3.05, 3.63) is 35.9 Å². The van der Waals surface area contributed by atoms with E-state index in [4.69, 9.17) is 13.7 Å². The van der Waals surface area contributed by atoms with Gasteiger partial charge in [0, 0.05) is 0 Å². The highest BCUT2D eigenvalue weighted by Crippen LogP contribution is 2.15. The Kier molecular flexibility index (Phi) is 9.40. The Morgan fingerprint density at radius 1 is 1.11 bits per heavy atom. The van der Waals surface area contributed by atoms with Gasteiger partial charge in [0.15, 0.2) is 0 Å². The number of ether oxygens (including phenoxy) is 2. The summed E-state index contributed by atoms with van der Waals surface area (Å²) in [6, 6.07) is 7.87. The molecule has 0 saturated heterocycles. The number of rotatable bonds is 10. The van der Waals surface area contributed by atoms with E-state index in [0.29, 0.717) is 0 Å². The van der Waals surface area contributed by atoms with Crippen molar-refractivity contribution in [3.63, 3.8) is 0 Å². The van der Waals surface area contributed by atoms with E-state index in [-0.39, 0.29) is 31.7 Å². The molecule has 0 saturated carbocycles. The molecule has 1 rings (SSSR count). The Balaban J connectivity index is 2.62. The van der Waals surface area contributed by atoms with Crippen molar-refractivity contribution in [2.75, 3.05) is 19.0 Å². The lowest BCUT2D eigenvalue weighted by Crippen LogP contribution is -2.43. The Labute approximate surface area is 166 Å². The highest BCUT2D eigenvalue weighted by molar-refractivity contribution is 7.86. The molecule has 0 fully saturated rings. The Morgan fingerprint density at radius 3 is 2.32 bits per heavy atom. The Bertz CT molecular complexity index is 726. The average molecular weight is 416 g/mol. The van der Waals surface area contributed by atoms with Gasteiger partial charge in [0.2, 0.25) is 0 Å². The van der Waals surface area contributed by atoms with Crippen molar-refractivity contribution < 1.29 is 31.7 Å². The molecule has 0 spiro atoms. The molecule has 0 aromatic heterocycles. The number of esters is 1. The van der Waals surface area contributed by atoms with Gasteiger partial charge in [-0.05, 0) is 24.3 Å². The number of nitrogens with one attached hydrogen (secondary N) is 1. The maximum atomic E-state index is 12.1. The predicted octanol–water partition coefficient (Wildman–Crippen LogP) is 2.63. The zero-order valence-electron chi connectivity index (χ0n) is 16.8. The van der Waals surface area contributed by atoms with Gasteiger partial charge in [0.25, 0.3) is 10.1 Å². The molecule has 1 N–H and O–H groups in total. The largest absolute Gasteiger partial charge is 0.464 e. The third kappa shape index (κ3) is 10.3. The molecule has 0 radical (unpaired) electrons. The minimum absolute atomic E-state index is 0.0198. The van der Waals surface area contributed by atoms with Crippen LogP contribution in [0.1, 0.15) is 39.7 Å². The molecule has 0 aliphatic rings. The fourth-order valence-corrected chi connectivity index (χ4v) is 3.16. The zero-order valence-corrected chi connectivity index (χ0v) is 17.6. The van der Waals surface area contributed by atoms with E-state index in [1.165, 1.54) is 0 Å². The third-order valence-corrected chi connectivity index (χ3v) is 4.62. The van der Waals surface area contributed by atoms with Crippen molar-refractivity contribution >= 4 is 22.2 Å². The Morgan fingerprint density at radius 2 is 1.75 bits per heavy atom. The second-order valence-electron chi connectivity index (χ2n) is 7.38. The summed E-state index contributed by atoms with van der Waals surface area (Å²) in [5, 5.41) is 2.36. The molecule has 28 heavy (non-hydrogen) atoms. The van der Waals surface area contributed by atoms with Crippen LogP contribution in [0, 0.1) is 5.41 Å². The van der Waals surface area contributed by atoms with Crippen molar-refractivity contribution in [1.29, 1.82) is 0 Å². The number of benzene rings is 1. The maximum absolute atomic E-state index is 12.1. The lowest BCUT2D eigenvalue weighted by Gasteiger charge is -2.19. The highest BCUT2D eigenvalue weighted by atomic mass is 32.2. The molecule has 1 atom stereocenters. The van der Waals surface area contributed by atoms with Gasteiger partial charge in [-0.2, -0.15) is 8.42 Å². The van der Waals surface area contributed by atoms with Crippen LogP contribution in [0.3, 0.4) is 0 Å². The Hall–Kier alpha value is -2.13. The van der Waals surface area contributed by atoms with Gasteiger partial charge >= 0.3 is 12.1 Å². The number of carbonyl (C=O) groups excluding carboxylic acids is 2. The fraction of sp³-hybridized carbons (Fsp3) is 0.579. The van der Waals surface area contributed by atoms with Crippen LogP contribution in [-0.4, -0.2) is 45.5 Å². The van der Waals surface area contributed by atoms with Crippen molar-refractivity contribution in [2.24, 2.45) is 5.41 Å². The van der Waals surface area contributed by atoms with Crippen molar-refractivity contribution in [2.45, 2.75) is 46.8 Å². The maximum Gasteiger partial charge on any atom is 0.408 e. The molecule has 158 valence electrons. The topological polar surface area (TPSA) is 108 Å². The first-order chi connectivity index (χ1) is 13.0. The molecule has 0 aliphatic heterocycles. The molecular weight excluding hydrogens is 386 g/mol. The predicted molar refractivity (Wildman–Crippen MR) is 104 cm³/mol. The molecular formula is C19H29NO7S. The van der Waals surface area contributed by atoms with E-state index in [0.717, 1.165) is 5.56 Å². The van der Waals surface area contributed by atoms with E-state index in [2.05, 4.69) is 5.32 Å². The minimum Gasteiger partial charge on any atom is -0.464 e. The lowest BCUT2D eigenvalue weighted by atomic mass is 9.99. The molecule has 0 aliphatic carbocycles. The quantitative estimate of drug-likeness (QED) is 0.462. The molecule has 1 aromatic rings. The monoisotopic (exact) mass is 415 g/mol. The van der Waals surface area contributed by atoms with E-state index >= 15 is 0 Å². The summed E-state index contributed by atoms with van der Waals surface area (Å²) in [4.78, 5) is 24.1. The summed E-state index contributed by atoms with van der Waals surface area (Å²) in [6.07, 6.45) is -1.03. The molecule has 0 bridgehead atoms. The summed E-state index contributed by atoms with van der Waals surface area (Å²) in [5.41, 5.74) is 0.455. The second-order valence-corrected chi connectivity index (χ2v) is 9.14. The van der Waals surface area contributed by atoms with Crippen molar-refractivity contribution in [3.8, 4) is 0 Å². The van der Waals surface area contributed by atoms with Gasteiger partial charge in [-0.3, -0.25) is 4.18 Å². The molecule has 0 heterocycles. The first-order valence-electron chi connectivity index (χ1n) is 9.03. The second kappa shape index (κ2) is 11.0.